The summed E-state index contributed by atoms with van der Waals surface area (Å²) < 4.78 is 6.83. The SMILES string of the molecule is COc1nc2ccc(Br)cc2cc1C(c1ccc(Cl)c(Cl)c1)C(O)(CCCCN1CCCCC1)c1ccccc1. The molecule has 7 heteroatoms. The maximum absolute atomic E-state index is 12.9. The fourth-order valence-electron chi connectivity index (χ4n) is 6.02. The molecule has 1 N–H and O–H groups in total. The first kappa shape index (κ1) is 29.3. The minimum Gasteiger partial charge on any atom is -0.481 e. The van der Waals surface area contributed by atoms with Crippen molar-refractivity contribution in [2.75, 3.05) is 26.7 Å². The Morgan fingerprint density at radius 3 is 2.45 bits per heavy atom. The number of methoxy groups -OCH3 is 1. The topological polar surface area (TPSA) is 45.6 Å². The number of aromatic nitrogens is 1. The van der Waals surface area contributed by atoms with E-state index in [0.717, 1.165) is 51.5 Å². The van der Waals surface area contributed by atoms with Crippen LogP contribution in [-0.4, -0.2) is 41.7 Å². The van der Waals surface area contributed by atoms with Crippen LogP contribution < -0.4 is 4.74 Å². The van der Waals surface area contributed by atoms with Crippen LogP contribution in [-0.2, 0) is 5.60 Å². The van der Waals surface area contributed by atoms with Crippen molar-refractivity contribution in [3.8, 4) is 5.88 Å². The van der Waals surface area contributed by atoms with Gasteiger partial charge < -0.3 is 14.7 Å². The van der Waals surface area contributed by atoms with Gasteiger partial charge in [0.25, 0.3) is 0 Å². The van der Waals surface area contributed by atoms with E-state index in [-0.39, 0.29) is 0 Å². The molecule has 2 atom stereocenters. The Hall–Kier alpha value is -2.15. The van der Waals surface area contributed by atoms with Gasteiger partial charge in [-0.25, -0.2) is 4.98 Å². The molecule has 1 saturated heterocycles. The second-order valence-corrected chi connectivity index (χ2v) is 12.4. The van der Waals surface area contributed by atoms with Crippen molar-refractivity contribution in [1.82, 2.24) is 9.88 Å². The third kappa shape index (κ3) is 6.50. The average molecular weight is 642 g/mol. The summed E-state index contributed by atoms with van der Waals surface area (Å²) in [6.07, 6.45) is 6.33. The summed E-state index contributed by atoms with van der Waals surface area (Å²) in [5.41, 5.74) is 2.07. The fraction of sp³-hybridized carbons (Fsp3) is 0.364. The number of piperidine rings is 1. The number of hydrogen-bond donors (Lipinski definition) is 1. The largest absolute Gasteiger partial charge is 0.481 e. The number of hydrogen-bond acceptors (Lipinski definition) is 4. The van der Waals surface area contributed by atoms with Crippen LogP contribution in [0.15, 0.2) is 77.3 Å². The number of likely N-dealkylation sites (tertiary alicyclic amines) is 1. The highest BCUT2D eigenvalue weighted by Crippen LogP contribution is 2.49. The van der Waals surface area contributed by atoms with Gasteiger partial charge in [0.15, 0.2) is 0 Å². The molecule has 4 nitrogen and oxygen atoms in total. The Bertz CT molecular complexity index is 1450. The zero-order valence-corrected chi connectivity index (χ0v) is 25.9. The van der Waals surface area contributed by atoms with E-state index in [4.69, 9.17) is 32.9 Å². The molecule has 0 bridgehead atoms. The van der Waals surface area contributed by atoms with Crippen LogP contribution in [0.3, 0.4) is 0 Å². The average Bonchev–Trinajstić information content (AvgIpc) is 2.98. The molecule has 2 heterocycles. The maximum atomic E-state index is 12.9. The van der Waals surface area contributed by atoms with Crippen LogP contribution >= 0.6 is 39.1 Å². The van der Waals surface area contributed by atoms with Crippen molar-refractivity contribution in [3.05, 3.63) is 104 Å². The lowest BCUT2D eigenvalue weighted by molar-refractivity contribution is 0.00645. The van der Waals surface area contributed by atoms with Gasteiger partial charge in [-0.3, -0.25) is 0 Å². The molecule has 0 spiro atoms. The van der Waals surface area contributed by atoms with Gasteiger partial charge in [0.1, 0.15) is 5.60 Å². The lowest BCUT2D eigenvalue weighted by atomic mass is 9.71. The molecule has 0 radical (unpaired) electrons. The van der Waals surface area contributed by atoms with E-state index in [1.807, 2.05) is 60.7 Å². The number of benzene rings is 3. The summed E-state index contributed by atoms with van der Waals surface area (Å²) in [7, 11) is 1.63. The van der Waals surface area contributed by atoms with E-state index in [9.17, 15) is 5.11 Å². The van der Waals surface area contributed by atoms with E-state index in [1.165, 1.54) is 32.4 Å². The zero-order chi connectivity index (χ0) is 28.1. The Morgan fingerprint density at radius 2 is 1.73 bits per heavy atom. The fourth-order valence-corrected chi connectivity index (χ4v) is 6.70. The molecule has 0 aliphatic carbocycles. The third-order valence-corrected chi connectivity index (χ3v) is 9.27. The van der Waals surface area contributed by atoms with Crippen molar-refractivity contribution in [2.45, 2.75) is 50.0 Å². The molecule has 0 amide bonds. The predicted octanol–water partition coefficient (Wildman–Crippen LogP) is 8.99. The van der Waals surface area contributed by atoms with Crippen molar-refractivity contribution >= 4 is 50.0 Å². The quantitative estimate of drug-likeness (QED) is 0.176. The molecule has 1 aliphatic rings. The second-order valence-electron chi connectivity index (χ2n) is 10.7. The van der Waals surface area contributed by atoms with E-state index in [1.54, 1.807) is 13.2 Å². The van der Waals surface area contributed by atoms with E-state index < -0.39 is 11.5 Å². The molecule has 1 fully saturated rings. The summed E-state index contributed by atoms with van der Waals surface area (Å²) in [5, 5.41) is 14.8. The predicted molar refractivity (Wildman–Crippen MR) is 169 cm³/mol. The number of unbranched alkanes of at least 4 members (excludes halogenated alkanes) is 1. The molecule has 4 aromatic rings. The normalized spacial score (nSPS) is 16.5. The number of pyridine rings is 1. The number of halogens is 3. The summed E-state index contributed by atoms with van der Waals surface area (Å²) in [5.74, 6) is -0.0287. The molecule has 40 heavy (non-hydrogen) atoms. The molecule has 1 aliphatic heterocycles. The highest BCUT2D eigenvalue weighted by Gasteiger charge is 2.42. The summed E-state index contributed by atoms with van der Waals surface area (Å²) >= 11 is 16.5. The minimum absolute atomic E-state index is 0.445. The lowest BCUT2D eigenvalue weighted by Crippen LogP contribution is -2.35. The maximum Gasteiger partial charge on any atom is 0.217 e. The van der Waals surface area contributed by atoms with Crippen LogP contribution in [0.1, 0.15) is 61.1 Å². The van der Waals surface area contributed by atoms with E-state index in [0.29, 0.717) is 22.3 Å². The van der Waals surface area contributed by atoms with Crippen LogP contribution in [0.5, 0.6) is 5.88 Å². The molecule has 5 rings (SSSR count). The van der Waals surface area contributed by atoms with E-state index >= 15 is 0 Å². The zero-order valence-electron chi connectivity index (χ0n) is 22.8. The Kier molecular flexibility index (Phi) is 9.70. The van der Waals surface area contributed by atoms with Crippen molar-refractivity contribution in [2.24, 2.45) is 0 Å². The second kappa shape index (κ2) is 13.2. The van der Waals surface area contributed by atoms with Gasteiger partial charge in [-0.2, -0.15) is 0 Å². The molecule has 210 valence electrons. The Balaban J connectivity index is 1.62. The van der Waals surface area contributed by atoms with Gasteiger partial charge in [0.05, 0.1) is 22.7 Å². The van der Waals surface area contributed by atoms with Crippen molar-refractivity contribution in [1.29, 1.82) is 0 Å². The molecule has 3 aromatic carbocycles. The monoisotopic (exact) mass is 640 g/mol. The van der Waals surface area contributed by atoms with Gasteiger partial charge in [-0.05, 0) is 99.3 Å². The van der Waals surface area contributed by atoms with Crippen LogP contribution in [0.2, 0.25) is 10.0 Å². The van der Waals surface area contributed by atoms with Crippen molar-refractivity contribution in [3.63, 3.8) is 0 Å². The summed E-state index contributed by atoms with van der Waals surface area (Å²) in [6, 6.07) is 23.6. The standard InChI is InChI=1S/C33H35BrCl2N2O2/c1-40-32-27(21-24-20-26(34)13-15-30(24)37-32)31(23-12-14-28(35)29(36)22-23)33(39,25-10-4-2-5-11-25)16-6-9-19-38-17-7-3-8-18-38/h2,4-5,10-15,20-22,31,39H,3,6-9,16-19H2,1H3. The number of ether oxygens (including phenoxy) is 1. The molecular formula is C33H35BrCl2N2O2. The highest BCUT2D eigenvalue weighted by molar-refractivity contribution is 9.10. The molecule has 2 unspecified atom stereocenters. The van der Waals surface area contributed by atoms with Gasteiger partial charge in [0.2, 0.25) is 5.88 Å². The van der Waals surface area contributed by atoms with Crippen molar-refractivity contribution < 1.29 is 9.84 Å². The molecular weight excluding hydrogens is 607 g/mol. The smallest absolute Gasteiger partial charge is 0.217 e. The van der Waals surface area contributed by atoms with Gasteiger partial charge >= 0.3 is 0 Å². The van der Waals surface area contributed by atoms with Crippen LogP contribution in [0, 0.1) is 0 Å². The first-order chi connectivity index (χ1) is 19.4. The number of rotatable bonds is 10. The highest BCUT2D eigenvalue weighted by atomic mass is 79.9. The molecule has 1 aromatic heterocycles. The number of aliphatic hydroxyl groups is 1. The Labute approximate surface area is 255 Å². The lowest BCUT2D eigenvalue weighted by Gasteiger charge is -2.38. The molecule has 0 saturated carbocycles. The first-order valence-electron chi connectivity index (χ1n) is 14.0. The minimum atomic E-state index is -1.25. The Morgan fingerprint density at radius 1 is 0.950 bits per heavy atom. The number of fused-ring (bicyclic) bond motifs is 1. The van der Waals surface area contributed by atoms with Gasteiger partial charge in [-0.15, -0.1) is 0 Å². The summed E-state index contributed by atoms with van der Waals surface area (Å²) in [4.78, 5) is 7.42. The van der Waals surface area contributed by atoms with E-state index in [2.05, 4.69) is 26.9 Å². The first-order valence-corrected chi connectivity index (χ1v) is 15.5. The van der Waals surface area contributed by atoms with Gasteiger partial charge in [-0.1, -0.05) is 82.0 Å². The van der Waals surface area contributed by atoms with Gasteiger partial charge in [0, 0.05) is 21.3 Å². The third-order valence-electron chi connectivity index (χ3n) is 8.03. The number of nitrogens with zero attached hydrogens (tertiary/aromatic N) is 2. The van der Waals surface area contributed by atoms with Crippen LogP contribution in [0.25, 0.3) is 10.9 Å². The summed E-state index contributed by atoms with van der Waals surface area (Å²) in [6.45, 7) is 3.39. The van der Waals surface area contributed by atoms with Crippen LogP contribution in [0.4, 0.5) is 0 Å².